The smallest absolute Gasteiger partial charge is 0.129 e. The molecule has 2 nitrogen and oxygen atoms in total. The fraction of sp³-hybridized carbons (Fsp3) is 0.750. The number of hydrogen-bond acceptors (Lipinski definition) is 3. The molecule has 2 aromatic carbocycles. The second-order valence-electron chi connectivity index (χ2n) is 15.8. The Bertz CT molecular complexity index is 982. The Morgan fingerprint density at radius 1 is 0.333 bits per heavy atom. The maximum atomic E-state index is 10.6. The van der Waals surface area contributed by atoms with E-state index in [2.05, 4.69) is 38.1 Å². The molecule has 2 aromatic rings. The first-order valence-corrected chi connectivity index (χ1v) is 23.3. The topological polar surface area (TPSA) is 40.5 Å². The van der Waals surface area contributed by atoms with Crippen LogP contribution in [0.3, 0.4) is 0 Å². The van der Waals surface area contributed by atoms with E-state index in [1.807, 2.05) is 12.1 Å². The molecule has 0 aliphatic rings. The third-order valence-corrected chi connectivity index (χ3v) is 12.0. The van der Waals surface area contributed by atoms with Gasteiger partial charge in [0.2, 0.25) is 0 Å². The van der Waals surface area contributed by atoms with Gasteiger partial charge in [-0.15, -0.1) is 0 Å². The molecule has 0 atom stereocenters. The number of rotatable bonds is 36. The monoisotopic (exact) mass is 723 g/mol. The quantitative estimate of drug-likeness (QED) is 0.0688. The summed E-state index contributed by atoms with van der Waals surface area (Å²) in [5.74, 6) is 0.608. The molecular weight excluding hydrogens is 641 g/mol. The van der Waals surface area contributed by atoms with Crippen LogP contribution in [0.1, 0.15) is 230 Å². The minimum atomic E-state index is 0.304. The average Bonchev–Trinajstić information content (AvgIpc) is 3.13. The predicted octanol–water partition coefficient (Wildman–Crippen LogP) is 16.9. The Kier molecular flexibility index (Phi) is 29.5. The molecule has 2 N–H and O–H groups in total. The van der Waals surface area contributed by atoms with Crippen molar-refractivity contribution in [1.82, 2.24) is 0 Å². The van der Waals surface area contributed by atoms with Gasteiger partial charge >= 0.3 is 0 Å². The van der Waals surface area contributed by atoms with Crippen molar-refractivity contribution in [3.63, 3.8) is 0 Å². The Labute approximate surface area is 321 Å². The molecule has 0 bridgehead atoms. The molecule has 0 saturated carbocycles. The predicted molar refractivity (Wildman–Crippen MR) is 227 cm³/mol. The second kappa shape index (κ2) is 33.0. The Morgan fingerprint density at radius 3 is 0.824 bits per heavy atom. The van der Waals surface area contributed by atoms with E-state index in [0.717, 1.165) is 22.6 Å². The van der Waals surface area contributed by atoms with Crippen molar-refractivity contribution in [2.45, 2.75) is 242 Å². The zero-order chi connectivity index (χ0) is 36.5. The van der Waals surface area contributed by atoms with Crippen molar-refractivity contribution in [1.29, 1.82) is 0 Å². The van der Waals surface area contributed by atoms with Crippen LogP contribution in [0.25, 0.3) is 0 Å². The van der Waals surface area contributed by atoms with Gasteiger partial charge < -0.3 is 10.2 Å². The normalized spacial score (nSPS) is 11.5. The molecule has 0 amide bonds. The summed E-state index contributed by atoms with van der Waals surface area (Å²) in [6.45, 7) is 4.59. The van der Waals surface area contributed by atoms with Crippen LogP contribution in [-0.2, 0) is 12.8 Å². The van der Waals surface area contributed by atoms with E-state index in [0.29, 0.717) is 11.5 Å². The van der Waals surface area contributed by atoms with E-state index >= 15 is 0 Å². The highest BCUT2D eigenvalue weighted by molar-refractivity contribution is 7.99. The molecule has 0 fully saturated rings. The largest absolute Gasteiger partial charge is 0.507 e. The van der Waals surface area contributed by atoms with Crippen LogP contribution in [0.2, 0.25) is 0 Å². The molecule has 292 valence electrons. The third-order valence-electron chi connectivity index (χ3n) is 10.9. The van der Waals surface area contributed by atoms with Crippen LogP contribution >= 0.6 is 11.8 Å². The lowest BCUT2D eigenvalue weighted by Crippen LogP contribution is -1.90. The summed E-state index contributed by atoms with van der Waals surface area (Å²) in [4.78, 5) is 1.69. The summed E-state index contributed by atoms with van der Waals surface area (Å²) in [6, 6.07) is 12.1. The average molecular weight is 723 g/mol. The van der Waals surface area contributed by atoms with Gasteiger partial charge in [0.1, 0.15) is 11.5 Å². The van der Waals surface area contributed by atoms with Crippen molar-refractivity contribution >= 4 is 11.8 Å². The van der Waals surface area contributed by atoms with Gasteiger partial charge in [0.25, 0.3) is 0 Å². The highest BCUT2D eigenvalue weighted by Gasteiger charge is 2.10. The summed E-state index contributed by atoms with van der Waals surface area (Å²) in [7, 11) is 0. The number of aryl methyl sites for hydroxylation is 2. The van der Waals surface area contributed by atoms with E-state index in [1.165, 1.54) is 228 Å². The lowest BCUT2D eigenvalue weighted by molar-refractivity contribution is 0.459. The van der Waals surface area contributed by atoms with Crippen LogP contribution in [0.4, 0.5) is 0 Å². The van der Waals surface area contributed by atoms with E-state index in [1.54, 1.807) is 0 Å². The molecule has 0 radical (unpaired) electrons. The highest BCUT2D eigenvalue weighted by Crippen LogP contribution is 2.40. The third kappa shape index (κ3) is 25.1. The number of phenols is 2. The molecule has 0 aromatic heterocycles. The summed E-state index contributed by atoms with van der Waals surface area (Å²) in [5, 5.41) is 21.3. The fourth-order valence-corrected chi connectivity index (χ4v) is 8.47. The van der Waals surface area contributed by atoms with Crippen molar-refractivity contribution in [3.05, 3.63) is 47.5 Å². The zero-order valence-electron chi connectivity index (χ0n) is 33.8. The van der Waals surface area contributed by atoms with Crippen molar-refractivity contribution in [2.75, 3.05) is 0 Å². The Hall–Kier alpha value is -1.61. The van der Waals surface area contributed by atoms with Gasteiger partial charge in [0, 0.05) is 0 Å². The minimum absolute atomic E-state index is 0.304. The fourth-order valence-electron chi connectivity index (χ4n) is 7.46. The highest BCUT2D eigenvalue weighted by atomic mass is 32.2. The first-order valence-electron chi connectivity index (χ1n) is 22.5. The van der Waals surface area contributed by atoms with Gasteiger partial charge in [-0.2, -0.15) is 0 Å². The van der Waals surface area contributed by atoms with E-state index in [-0.39, 0.29) is 0 Å². The van der Waals surface area contributed by atoms with Crippen molar-refractivity contribution < 1.29 is 10.2 Å². The molecule has 0 aliphatic heterocycles. The van der Waals surface area contributed by atoms with Gasteiger partial charge in [0.15, 0.2) is 0 Å². The van der Waals surface area contributed by atoms with Crippen LogP contribution in [0.15, 0.2) is 46.2 Å². The van der Waals surface area contributed by atoms with E-state index in [9.17, 15) is 10.2 Å². The molecular formula is C48H82O2S. The van der Waals surface area contributed by atoms with Crippen molar-refractivity contribution in [2.24, 2.45) is 0 Å². The molecule has 0 aliphatic carbocycles. The summed E-state index contributed by atoms with van der Waals surface area (Å²) < 4.78 is 0. The zero-order valence-corrected chi connectivity index (χ0v) is 34.6. The van der Waals surface area contributed by atoms with E-state index in [4.69, 9.17) is 0 Å². The van der Waals surface area contributed by atoms with Crippen LogP contribution in [-0.4, -0.2) is 10.2 Å². The van der Waals surface area contributed by atoms with Crippen LogP contribution in [0, 0.1) is 0 Å². The second-order valence-corrected chi connectivity index (χ2v) is 16.9. The molecule has 3 heteroatoms. The van der Waals surface area contributed by atoms with Crippen LogP contribution in [0.5, 0.6) is 11.5 Å². The number of hydrogen-bond donors (Lipinski definition) is 2. The van der Waals surface area contributed by atoms with Gasteiger partial charge in [-0.25, -0.2) is 0 Å². The molecule has 2 rings (SSSR count). The summed E-state index contributed by atoms with van der Waals surface area (Å²) in [5.41, 5.74) is 2.56. The summed E-state index contributed by atoms with van der Waals surface area (Å²) in [6.07, 6.45) is 46.6. The molecule has 0 heterocycles. The lowest BCUT2D eigenvalue weighted by Gasteiger charge is -2.11. The van der Waals surface area contributed by atoms with Gasteiger partial charge in [-0.05, 0) is 61.1 Å². The SMILES string of the molecule is CCCCCCCCCCCCCCCCCCc1ccc(O)c(Sc2cc(CCCCCCCCCCCCCCCCCC)ccc2O)c1. The minimum Gasteiger partial charge on any atom is -0.507 e. The van der Waals surface area contributed by atoms with Crippen molar-refractivity contribution in [3.8, 4) is 11.5 Å². The Morgan fingerprint density at radius 2 is 0.569 bits per heavy atom. The standard InChI is InChI=1S/C48H82O2S/c1-3-5-7-9-11-13-15-17-19-21-23-25-27-29-31-33-35-43-37-39-45(49)47(41-43)51-48-42-44(38-40-46(48)50)36-34-32-30-28-26-24-22-20-18-16-14-12-10-8-6-4-2/h37-42,49-50H,3-36H2,1-2H3. The van der Waals surface area contributed by atoms with E-state index < -0.39 is 0 Å². The molecule has 0 saturated heterocycles. The van der Waals surface area contributed by atoms with Crippen LogP contribution < -0.4 is 0 Å². The molecule has 51 heavy (non-hydrogen) atoms. The first-order chi connectivity index (χ1) is 25.1. The summed E-state index contributed by atoms with van der Waals surface area (Å²) >= 11 is 1.50. The maximum Gasteiger partial charge on any atom is 0.129 e. The van der Waals surface area contributed by atoms with Gasteiger partial charge in [-0.3, -0.25) is 0 Å². The number of phenolic OH excluding ortho intramolecular Hbond substituents is 2. The Balaban J connectivity index is 1.52. The molecule has 0 spiro atoms. The number of unbranched alkanes of at least 4 members (excludes halogenated alkanes) is 30. The maximum absolute atomic E-state index is 10.6. The molecule has 0 unspecified atom stereocenters. The first kappa shape index (κ1) is 45.5. The number of aromatic hydroxyl groups is 2. The van der Waals surface area contributed by atoms with Gasteiger partial charge in [-0.1, -0.05) is 230 Å². The lowest BCUT2D eigenvalue weighted by atomic mass is 10.0. The van der Waals surface area contributed by atoms with Gasteiger partial charge in [0.05, 0.1) is 9.79 Å². The number of benzene rings is 2.